The van der Waals surface area contributed by atoms with E-state index in [0.717, 1.165) is 11.4 Å². The van der Waals surface area contributed by atoms with E-state index in [2.05, 4.69) is 24.8 Å². The van der Waals surface area contributed by atoms with Crippen LogP contribution in [0, 0.1) is 0 Å². The van der Waals surface area contributed by atoms with Crippen LogP contribution >= 0.6 is 11.6 Å². The van der Waals surface area contributed by atoms with Crippen molar-refractivity contribution in [1.29, 1.82) is 0 Å². The normalized spacial score (nSPS) is 10.9. The third-order valence-corrected chi connectivity index (χ3v) is 2.37. The van der Waals surface area contributed by atoms with Crippen LogP contribution in [0.2, 0.25) is 5.02 Å². The van der Waals surface area contributed by atoms with E-state index < -0.39 is 0 Å². The Bertz CT molecular complexity index is 299. The summed E-state index contributed by atoms with van der Waals surface area (Å²) in [6.45, 7) is 4.82. The second-order valence-corrected chi connectivity index (χ2v) is 4.10. The predicted molar refractivity (Wildman–Crippen MR) is 59.4 cm³/mol. The molecule has 0 amide bonds. The van der Waals surface area contributed by atoms with Crippen molar-refractivity contribution in [3.63, 3.8) is 0 Å². The average molecular weight is 214 g/mol. The molecular formula is C11H16ClNO. The Morgan fingerprint density at radius 3 is 2.64 bits per heavy atom. The SMILES string of the molecule is CC(C)c1cc(Cl)cc(CCON)c1. The highest BCUT2D eigenvalue weighted by atomic mass is 35.5. The summed E-state index contributed by atoms with van der Waals surface area (Å²) in [4.78, 5) is 4.54. The van der Waals surface area contributed by atoms with Gasteiger partial charge in [0, 0.05) is 5.02 Å². The first-order valence-corrected chi connectivity index (χ1v) is 5.12. The van der Waals surface area contributed by atoms with E-state index in [1.807, 2.05) is 12.1 Å². The summed E-state index contributed by atoms with van der Waals surface area (Å²) < 4.78 is 0. The van der Waals surface area contributed by atoms with E-state index in [9.17, 15) is 0 Å². The van der Waals surface area contributed by atoms with E-state index >= 15 is 0 Å². The third-order valence-electron chi connectivity index (χ3n) is 2.16. The Balaban J connectivity index is 2.84. The van der Waals surface area contributed by atoms with Crippen molar-refractivity contribution in [3.8, 4) is 0 Å². The lowest BCUT2D eigenvalue weighted by atomic mass is 10.00. The van der Waals surface area contributed by atoms with Crippen LogP contribution in [-0.2, 0) is 11.3 Å². The van der Waals surface area contributed by atoms with Gasteiger partial charge in [-0.3, -0.25) is 0 Å². The number of hydrogen-bond acceptors (Lipinski definition) is 2. The standard InChI is InChI=1S/C11H16ClNO/c1-8(2)10-5-9(3-4-14-13)6-11(12)7-10/h5-8H,3-4,13H2,1-2H3. The van der Waals surface area contributed by atoms with Gasteiger partial charge in [0.2, 0.25) is 0 Å². The van der Waals surface area contributed by atoms with Gasteiger partial charge < -0.3 is 4.84 Å². The summed E-state index contributed by atoms with van der Waals surface area (Å²) >= 11 is 6.00. The Labute approximate surface area is 90.0 Å². The van der Waals surface area contributed by atoms with Crippen LogP contribution in [-0.4, -0.2) is 6.61 Å². The average Bonchev–Trinajstić information content (AvgIpc) is 2.14. The summed E-state index contributed by atoms with van der Waals surface area (Å²) in [6.07, 6.45) is 0.802. The van der Waals surface area contributed by atoms with Crippen molar-refractivity contribution in [2.45, 2.75) is 26.2 Å². The summed E-state index contributed by atoms with van der Waals surface area (Å²) in [5.74, 6) is 5.47. The molecule has 0 spiro atoms. The fourth-order valence-electron chi connectivity index (χ4n) is 1.33. The Morgan fingerprint density at radius 1 is 1.36 bits per heavy atom. The van der Waals surface area contributed by atoms with Crippen molar-refractivity contribution in [2.24, 2.45) is 5.90 Å². The van der Waals surface area contributed by atoms with E-state index in [0.29, 0.717) is 12.5 Å². The highest BCUT2D eigenvalue weighted by Gasteiger charge is 2.03. The van der Waals surface area contributed by atoms with Crippen LogP contribution in [0.25, 0.3) is 0 Å². The quantitative estimate of drug-likeness (QED) is 0.781. The van der Waals surface area contributed by atoms with E-state index in [1.165, 1.54) is 11.1 Å². The monoisotopic (exact) mass is 213 g/mol. The van der Waals surface area contributed by atoms with Gasteiger partial charge in [-0.2, -0.15) is 0 Å². The molecule has 1 aromatic carbocycles. The highest BCUT2D eigenvalue weighted by Crippen LogP contribution is 2.21. The van der Waals surface area contributed by atoms with Gasteiger partial charge in [-0.05, 0) is 35.6 Å². The maximum absolute atomic E-state index is 6.00. The molecule has 14 heavy (non-hydrogen) atoms. The maximum atomic E-state index is 6.00. The molecule has 0 fully saturated rings. The van der Waals surface area contributed by atoms with Crippen LogP contribution in [0.15, 0.2) is 18.2 Å². The number of hydrogen-bond donors (Lipinski definition) is 1. The molecule has 1 aromatic rings. The molecular weight excluding hydrogens is 198 g/mol. The summed E-state index contributed by atoms with van der Waals surface area (Å²) in [5.41, 5.74) is 2.43. The van der Waals surface area contributed by atoms with E-state index in [4.69, 9.17) is 17.5 Å². The van der Waals surface area contributed by atoms with Crippen molar-refractivity contribution in [1.82, 2.24) is 0 Å². The minimum absolute atomic E-state index is 0.492. The fraction of sp³-hybridized carbons (Fsp3) is 0.455. The molecule has 0 atom stereocenters. The fourth-order valence-corrected chi connectivity index (χ4v) is 1.60. The molecule has 0 aromatic heterocycles. The molecule has 3 heteroatoms. The molecule has 0 radical (unpaired) electrons. The van der Waals surface area contributed by atoms with Crippen LogP contribution in [0.4, 0.5) is 0 Å². The number of benzene rings is 1. The van der Waals surface area contributed by atoms with Crippen LogP contribution in [0.3, 0.4) is 0 Å². The van der Waals surface area contributed by atoms with Gasteiger partial charge in [0.05, 0.1) is 6.61 Å². The zero-order valence-electron chi connectivity index (χ0n) is 8.59. The van der Waals surface area contributed by atoms with Crippen molar-refractivity contribution >= 4 is 11.6 Å². The molecule has 0 saturated carbocycles. The summed E-state index contributed by atoms with van der Waals surface area (Å²) in [5, 5.41) is 0.781. The van der Waals surface area contributed by atoms with Gasteiger partial charge in [0.15, 0.2) is 0 Å². The number of rotatable bonds is 4. The van der Waals surface area contributed by atoms with Crippen LogP contribution in [0.5, 0.6) is 0 Å². The van der Waals surface area contributed by atoms with Gasteiger partial charge in [-0.1, -0.05) is 31.5 Å². The molecule has 0 saturated heterocycles. The molecule has 0 unspecified atom stereocenters. The van der Waals surface area contributed by atoms with Crippen molar-refractivity contribution < 1.29 is 4.84 Å². The number of nitrogens with two attached hydrogens (primary N) is 1. The first-order chi connectivity index (χ1) is 6.63. The van der Waals surface area contributed by atoms with Crippen LogP contribution < -0.4 is 5.90 Å². The Kier molecular flexibility index (Phi) is 4.39. The van der Waals surface area contributed by atoms with Crippen LogP contribution in [0.1, 0.15) is 30.9 Å². The van der Waals surface area contributed by atoms with E-state index in [-0.39, 0.29) is 0 Å². The van der Waals surface area contributed by atoms with Crippen molar-refractivity contribution in [3.05, 3.63) is 34.3 Å². The third kappa shape index (κ3) is 3.29. The smallest absolute Gasteiger partial charge is 0.0719 e. The van der Waals surface area contributed by atoms with Gasteiger partial charge in [0.1, 0.15) is 0 Å². The molecule has 0 aliphatic carbocycles. The topological polar surface area (TPSA) is 35.2 Å². The first kappa shape index (κ1) is 11.5. The van der Waals surface area contributed by atoms with Gasteiger partial charge >= 0.3 is 0 Å². The lowest BCUT2D eigenvalue weighted by molar-refractivity contribution is 0.141. The largest absolute Gasteiger partial charge is 0.304 e. The molecule has 0 bridgehead atoms. The van der Waals surface area contributed by atoms with Gasteiger partial charge in [0.25, 0.3) is 0 Å². The summed E-state index contributed by atoms with van der Waals surface area (Å²) in [7, 11) is 0. The highest BCUT2D eigenvalue weighted by molar-refractivity contribution is 6.30. The second-order valence-electron chi connectivity index (χ2n) is 3.67. The maximum Gasteiger partial charge on any atom is 0.0719 e. The lowest BCUT2D eigenvalue weighted by Crippen LogP contribution is -2.04. The molecule has 0 heterocycles. The second kappa shape index (κ2) is 5.35. The van der Waals surface area contributed by atoms with Gasteiger partial charge in [-0.15, -0.1) is 0 Å². The van der Waals surface area contributed by atoms with E-state index in [1.54, 1.807) is 0 Å². The molecule has 0 aliphatic heterocycles. The Hall–Kier alpha value is -0.570. The minimum Gasteiger partial charge on any atom is -0.304 e. The molecule has 2 N–H and O–H groups in total. The zero-order chi connectivity index (χ0) is 10.6. The predicted octanol–water partition coefficient (Wildman–Crippen LogP) is 2.90. The summed E-state index contributed by atoms with van der Waals surface area (Å²) in [6, 6.07) is 6.10. The lowest BCUT2D eigenvalue weighted by Gasteiger charge is -2.09. The van der Waals surface area contributed by atoms with Crippen molar-refractivity contribution in [2.75, 3.05) is 6.61 Å². The molecule has 1 rings (SSSR count). The number of halogens is 1. The Morgan fingerprint density at radius 2 is 2.07 bits per heavy atom. The molecule has 78 valence electrons. The minimum atomic E-state index is 0.492. The molecule has 0 aliphatic rings. The first-order valence-electron chi connectivity index (χ1n) is 4.74. The zero-order valence-corrected chi connectivity index (χ0v) is 9.34. The molecule has 2 nitrogen and oxygen atoms in total. The van der Waals surface area contributed by atoms with Gasteiger partial charge in [-0.25, -0.2) is 5.90 Å².